The van der Waals surface area contributed by atoms with Gasteiger partial charge in [0.25, 0.3) is 0 Å². The van der Waals surface area contributed by atoms with Crippen molar-refractivity contribution in [3.8, 4) is 11.3 Å². The van der Waals surface area contributed by atoms with Crippen LogP contribution in [-0.4, -0.2) is 26.4 Å². The molecule has 0 amide bonds. The minimum absolute atomic E-state index is 0.169. The Balaban J connectivity index is 2.23. The lowest BCUT2D eigenvalue weighted by Gasteiger charge is -2.12. The first-order valence-corrected chi connectivity index (χ1v) is 7.98. The van der Waals surface area contributed by atoms with Gasteiger partial charge in [-0.1, -0.05) is 0 Å². The smallest absolute Gasteiger partial charge is 0.161 e. The highest BCUT2D eigenvalue weighted by atomic mass is 79.9. The van der Waals surface area contributed by atoms with Gasteiger partial charge in [-0.25, -0.2) is 9.67 Å². The lowest BCUT2D eigenvalue weighted by Crippen LogP contribution is -2.11. The lowest BCUT2D eigenvalue weighted by molar-refractivity contribution is 0.0189. The minimum atomic E-state index is -0.169. The number of pyridine rings is 2. The van der Waals surface area contributed by atoms with E-state index in [4.69, 9.17) is 9.84 Å². The molecule has 0 aliphatic heterocycles. The molecule has 0 aliphatic rings. The first kappa shape index (κ1) is 15.1. The molecule has 0 aliphatic carbocycles. The van der Waals surface area contributed by atoms with Crippen LogP contribution in [0.3, 0.4) is 0 Å². The summed E-state index contributed by atoms with van der Waals surface area (Å²) in [6.45, 7) is 6.54. The predicted molar refractivity (Wildman–Crippen MR) is 89.5 cm³/mol. The number of ether oxygens (including phenoxy) is 1. The Morgan fingerprint density at radius 3 is 2.86 bits per heavy atom. The third-order valence-electron chi connectivity index (χ3n) is 3.44. The average Bonchev–Trinajstić information content (AvgIpc) is 2.86. The van der Waals surface area contributed by atoms with Crippen LogP contribution in [0.2, 0.25) is 0 Å². The Morgan fingerprint density at radius 1 is 1.32 bits per heavy atom. The maximum Gasteiger partial charge on any atom is 0.161 e. The average molecular weight is 361 g/mol. The molecule has 1 atom stereocenters. The Hall–Kier alpha value is -1.79. The predicted octanol–water partition coefficient (Wildman–Crippen LogP) is 4.12. The SMILES string of the molecule is CCOC(C)n1nc(-c2ccnc(C)c2)c2cc(Br)cnc21. The summed E-state index contributed by atoms with van der Waals surface area (Å²) in [5, 5.41) is 5.73. The Kier molecular flexibility index (Phi) is 4.22. The highest BCUT2D eigenvalue weighted by molar-refractivity contribution is 9.10. The van der Waals surface area contributed by atoms with E-state index >= 15 is 0 Å². The fourth-order valence-electron chi connectivity index (χ4n) is 2.47. The molecule has 0 saturated carbocycles. The van der Waals surface area contributed by atoms with Gasteiger partial charge in [-0.2, -0.15) is 5.10 Å². The van der Waals surface area contributed by atoms with E-state index in [1.165, 1.54) is 0 Å². The van der Waals surface area contributed by atoms with Crippen LogP contribution in [0.1, 0.15) is 25.8 Å². The van der Waals surface area contributed by atoms with Gasteiger partial charge < -0.3 is 4.74 Å². The molecule has 22 heavy (non-hydrogen) atoms. The summed E-state index contributed by atoms with van der Waals surface area (Å²) in [5.74, 6) is 0. The number of hydrogen-bond donors (Lipinski definition) is 0. The number of halogens is 1. The maximum atomic E-state index is 5.68. The van der Waals surface area contributed by atoms with E-state index in [0.29, 0.717) is 6.61 Å². The second-order valence-electron chi connectivity index (χ2n) is 5.06. The number of rotatable bonds is 4. The largest absolute Gasteiger partial charge is 0.357 e. The summed E-state index contributed by atoms with van der Waals surface area (Å²) in [6.07, 6.45) is 3.41. The standard InChI is InChI=1S/C16H17BrN4O/c1-4-22-11(3)21-16-14(8-13(17)9-19-16)15(20-21)12-5-6-18-10(2)7-12/h5-9,11H,4H2,1-3H3. The van der Waals surface area contributed by atoms with E-state index in [2.05, 4.69) is 25.9 Å². The van der Waals surface area contributed by atoms with Crippen molar-refractivity contribution in [1.82, 2.24) is 19.7 Å². The number of hydrogen-bond acceptors (Lipinski definition) is 4. The van der Waals surface area contributed by atoms with Crippen LogP contribution in [0.5, 0.6) is 0 Å². The van der Waals surface area contributed by atoms with Crippen molar-refractivity contribution in [3.05, 3.63) is 40.8 Å². The molecule has 3 aromatic heterocycles. The summed E-state index contributed by atoms with van der Waals surface area (Å²) in [6, 6.07) is 6.03. The molecular formula is C16H17BrN4O. The third-order valence-corrected chi connectivity index (χ3v) is 3.87. The molecule has 0 spiro atoms. The van der Waals surface area contributed by atoms with Crippen LogP contribution in [-0.2, 0) is 4.74 Å². The van der Waals surface area contributed by atoms with Gasteiger partial charge in [-0.15, -0.1) is 0 Å². The van der Waals surface area contributed by atoms with Crippen molar-refractivity contribution in [2.24, 2.45) is 0 Å². The van der Waals surface area contributed by atoms with Crippen LogP contribution in [0.15, 0.2) is 35.1 Å². The highest BCUT2D eigenvalue weighted by Crippen LogP contribution is 2.30. The zero-order valence-electron chi connectivity index (χ0n) is 12.7. The summed E-state index contributed by atoms with van der Waals surface area (Å²) in [5.41, 5.74) is 3.69. The van der Waals surface area contributed by atoms with Crippen molar-refractivity contribution in [1.29, 1.82) is 0 Å². The molecule has 3 heterocycles. The van der Waals surface area contributed by atoms with Gasteiger partial charge in [0.2, 0.25) is 0 Å². The normalized spacial score (nSPS) is 12.7. The molecule has 1 unspecified atom stereocenters. The lowest BCUT2D eigenvalue weighted by atomic mass is 10.1. The molecule has 0 bridgehead atoms. The van der Waals surface area contributed by atoms with Crippen LogP contribution in [0, 0.1) is 6.92 Å². The van der Waals surface area contributed by atoms with E-state index in [1.54, 1.807) is 12.4 Å². The summed E-state index contributed by atoms with van der Waals surface area (Å²) in [7, 11) is 0. The second kappa shape index (κ2) is 6.14. The van der Waals surface area contributed by atoms with Gasteiger partial charge in [0.15, 0.2) is 5.65 Å². The van der Waals surface area contributed by atoms with Gasteiger partial charge in [-0.05, 0) is 54.9 Å². The zero-order valence-corrected chi connectivity index (χ0v) is 14.3. The van der Waals surface area contributed by atoms with E-state index in [9.17, 15) is 0 Å². The molecule has 5 nitrogen and oxygen atoms in total. The monoisotopic (exact) mass is 360 g/mol. The molecule has 0 radical (unpaired) electrons. The van der Waals surface area contributed by atoms with Gasteiger partial charge in [0, 0.05) is 40.1 Å². The van der Waals surface area contributed by atoms with Crippen molar-refractivity contribution in [2.75, 3.05) is 6.61 Å². The Morgan fingerprint density at radius 2 is 2.14 bits per heavy atom. The summed E-state index contributed by atoms with van der Waals surface area (Å²) >= 11 is 3.49. The molecule has 0 aromatic carbocycles. The fourth-order valence-corrected chi connectivity index (χ4v) is 2.80. The first-order valence-electron chi connectivity index (χ1n) is 7.18. The van der Waals surface area contributed by atoms with Crippen LogP contribution >= 0.6 is 15.9 Å². The highest BCUT2D eigenvalue weighted by Gasteiger charge is 2.17. The third kappa shape index (κ3) is 2.76. The number of fused-ring (bicyclic) bond motifs is 1. The van der Waals surface area contributed by atoms with Crippen molar-refractivity contribution in [2.45, 2.75) is 27.0 Å². The Bertz CT molecular complexity index is 815. The number of aromatic nitrogens is 4. The summed E-state index contributed by atoms with van der Waals surface area (Å²) in [4.78, 5) is 8.76. The molecule has 0 fully saturated rings. The van der Waals surface area contributed by atoms with Crippen LogP contribution < -0.4 is 0 Å². The van der Waals surface area contributed by atoms with Crippen molar-refractivity contribution >= 4 is 27.0 Å². The zero-order chi connectivity index (χ0) is 15.7. The van der Waals surface area contributed by atoms with Crippen molar-refractivity contribution in [3.63, 3.8) is 0 Å². The minimum Gasteiger partial charge on any atom is -0.357 e. The quantitative estimate of drug-likeness (QED) is 0.702. The Labute approximate surface area is 137 Å². The first-order chi connectivity index (χ1) is 10.6. The molecule has 114 valence electrons. The van der Waals surface area contributed by atoms with E-state index in [-0.39, 0.29) is 6.23 Å². The topological polar surface area (TPSA) is 52.8 Å². The van der Waals surface area contributed by atoms with Crippen molar-refractivity contribution < 1.29 is 4.74 Å². The molecule has 0 saturated heterocycles. The van der Waals surface area contributed by atoms with E-state index in [0.717, 1.165) is 32.5 Å². The maximum absolute atomic E-state index is 5.68. The van der Waals surface area contributed by atoms with Crippen LogP contribution in [0.25, 0.3) is 22.3 Å². The molecule has 3 rings (SSSR count). The molecule has 0 N–H and O–H groups in total. The van der Waals surface area contributed by atoms with Crippen LogP contribution in [0.4, 0.5) is 0 Å². The van der Waals surface area contributed by atoms with Gasteiger partial charge in [0.05, 0.1) is 0 Å². The molecule has 6 heteroatoms. The molecular weight excluding hydrogens is 344 g/mol. The van der Waals surface area contributed by atoms with E-state index in [1.807, 2.05) is 43.7 Å². The van der Waals surface area contributed by atoms with Gasteiger partial charge in [-0.3, -0.25) is 4.98 Å². The number of aryl methyl sites for hydroxylation is 1. The van der Waals surface area contributed by atoms with Gasteiger partial charge in [0.1, 0.15) is 11.9 Å². The summed E-state index contributed by atoms with van der Waals surface area (Å²) < 4.78 is 8.43. The molecule has 3 aromatic rings. The van der Waals surface area contributed by atoms with Gasteiger partial charge >= 0.3 is 0 Å². The number of nitrogens with zero attached hydrogens (tertiary/aromatic N) is 4. The fraction of sp³-hybridized carbons (Fsp3) is 0.312. The van der Waals surface area contributed by atoms with E-state index < -0.39 is 0 Å². The second-order valence-corrected chi connectivity index (χ2v) is 5.97.